The van der Waals surface area contributed by atoms with Gasteiger partial charge in [-0.15, -0.1) is 0 Å². The van der Waals surface area contributed by atoms with Crippen LogP contribution in [0.25, 0.3) is 10.9 Å². The highest BCUT2D eigenvalue weighted by atomic mass is 35.5. The molecule has 0 fully saturated rings. The number of ether oxygens (including phenoxy) is 1. The number of hydrogen-bond acceptors (Lipinski definition) is 3. The van der Waals surface area contributed by atoms with Crippen molar-refractivity contribution in [2.75, 3.05) is 7.11 Å². The first kappa shape index (κ1) is 12.0. The second-order valence-electron chi connectivity index (χ2n) is 3.48. The summed E-state index contributed by atoms with van der Waals surface area (Å²) in [6, 6.07) is 3.44. The van der Waals surface area contributed by atoms with Crippen molar-refractivity contribution in [2.45, 2.75) is 13.3 Å². The second kappa shape index (κ2) is 4.41. The van der Waals surface area contributed by atoms with Crippen LogP contribution in [-0.2, 0) is 0 Å². The Balaban J connectivity index is 2.85. The van der Waals surface area contributed by atoms with Crippen molar-refractivity contribution >= 4 is 22.5 Å². The average molecular weight is 259 g/mol. The number of aryl methyl sites for hydroxylation is 1. The SMILES string of the molecule is COc1ccc(C)c2c(Cl)nc(C(F)F)nc12. The van der Waals surface area contributed by atoms with Crippen LogP contribution in [0.3, 0.4) is 0 Å². The molecule has 3 nitrogen and oxygen atoms in total. The second-order valence-corrected chi connectivity index (χ2v) is 3.84. The van der Waals surface area contributed by atoms with Crippen molar-refractivity contribution in [3.05, 3.63) is 28.7 Å². The van der Waals surface area contributed by atoms with Crippen LogP contribution in [0.2, 0.25) is 5.15 Å². The van der Waals surface area contributed by atoms with Crippen LogP contribution in [0.1, 0.15) is 17.8 Å². The molecule has 2 aromatic rings. The molecule has 1 aromatic heterocycles. The molecule has 17 heavy (non-hydrogen) atoms. The Labute approximate surface area is 101 Å². The third-order valence-corrected chi connectivity index (χ3v) is 2.68. The van der Waals surface area contributed by atoms with E-state index >= 15 is 0 Å². The van der Waals surface area contributed by atoms with Crippen LogP contribution in [0.15, 0.2) is 12.1 Å². The Morgan fingerprint density at radius 3 is 2.59 bits per heavy atom. The summed E-state index contributed by atoms with van der Waals surface area (Å²) in [4.78, 5) is 7.38. The Kier molecular flexibility index (Phi) is 3.11. The highest BCUT2D eigenvalue weighted by molar-refractivity contribution is 6.34. The number of hydrogen-bond donors (Lipinski definition) is 0. The highest BCUT2D eigenvalue weighted by Crippen LogP contribution is 2.32. The average Bonchev–Trinajstić information content (AvgIpc) is 2.28. The van der Waals surface area contributed by atoms with E-state index in [1.54, 1.807) is 19.1 Å². The Morgan fingerprint density at radius 1 is 1.29 bits per heavy atom. The van der Waals surface area contributed by atoms with Crippen molar-refractivity contribution in [1.82, 2.24) is 9.97 Å². The van der Waals surface area contributed by atoms with Crippen molar-refractivity contribution in [1.29, 1.82) is 0 Å². The van der Waals surface area contributed by atoms with Crippen molar-refractivity contribution < 1.29 is 13.5 Å². The topological polar surface area (TPSA) is 35.0 Å². The zero-order valence-corrected chi connectivity index (χ0v) is 9.92. The first-order chi connectivity index (χ1) is 8.04. The lowest BCUT2D eigenvalue weighted by atomic mass is 10.1. The smallest absolute Gasteiger partial charge is 0.297 e. The first-order valence-corrected chi connectivity index (χ1v) is 5.21. The normalized spacial score (nSPS) is 11.2. The first-order valence-electron chi connectivity index (χ1n) is 4.83. The van der Waals surface area contributed by atoms with Gasteiger partial charge in [-0.1, -0.05) is 17.7 Å². The molecule has 0 atom stereocenters. The van der Waals surface area contributed by atoms with Crippen LogP contribution in [-0.4, -0.2) is 17.1 Å². The Morgan fingerprint density at radius 2 is 2.00 bits per heavy atom. The summed E-state index contributed by atoms with van der Waals surface area (Å²) in [5.41, 5.74) is 1.12. The minimum atomic E-state index is -2.76. The molecule has 1 heterocycles. The van der Waals surface area contributed by atoms with Gasteiger partial charge in [0.15, 0.2) is 5.82 Å². The van der Waals surface area contributed by atoms with Crippen LogP contribution >= 0.6 is 11.6 Å². The highest BCUT2D eigenvalue weighted by Gasteiger charge is 2.17. The molecule has 0 spiro atoms. The predicted molar refractivity (Wildman–Crippen MR) is 60.8 cm³/mol. The van der Waals surface area contributed by atoms with Gasteiger partial charge in [-0.25, -0.2) is 18.7 Å². The summed E-state index contributed by atoms with van der Waals surface area (Å²) in [5.74, 6) is -0.191. The van der Waals surface area contributed by atoms with Crippen LogP contribution in [0.5, 0.6) is 5.75 Å². The van der Waals surface area contributed by atoms with E-state index in [9.17, 15) is 8.78 Å². The van der Waals surface area contributed by atoms with Gasteiger partial charge in [-0.3, -0.25) is 0 Å². The predicted octanol–water partition coefficient (Wildman–Crippen LogP) is 3.54. The number of aromatic nitrogens is 2. The summed E-state index contributed by atoms with van der Waals surface area (Å²) in [6.45, 7) is 1.80. The number of rotatable bonds is 2. The Hall–Kier alpha value is -1.49. The standard InChI is InChI=1S/C11H9ClF2N2O/c1-5-3-4-6(17-2)8-7(5)9(12)16-11(15-8)10(13)14/h3-4,10H,1-2H3. The maximum atomic E-state index is 12.6. The fourth-order valence-corrected chi connectivity index (χ4v) is 1.93. The van der Waals surface area contributed by atoms with Crippen molar-refractivity contribution in [3.63, 3.8) is 0 Å². The molecule has 0 aliphatic heterocycles. The molecule has 2 rings (SSSR count). The van der Waals surface area contributed by atoms with E-state index in [4.69, 9.17) is 16.3 Å². The van der Waals surface area contributed by atoms with Gasteiger partial charge in [0.2, 0.25) is 0 Å². The molecule has 0 aliphatic rings. The largest absolute Gasteiger partial charge is 0.494 e. The molecule has 0 N–H and O–H groups in total. The maximum Gasteiger partial charge on any atom is 0.297 e. The molecule has 0 radical (unpaired) electrons. The molecular weight excluding hydrogens is 250 g/mol. The third-order valence-electron chi connectivity index (χ3n) is 2.41. The van der Waals surface area contributed by atoms with Crippen LogP contribution < -0.4 is 4.74 Å². The zero-order valence-electron chi connectivity index (χ0n) is 9.17. The number of alkyl halides is 2. The molecule has 0 unspecified atom stereocenters. The molecule has 6 heteroatoms. The van der Waals surface area contributed by atoms with E-state index in [-0.39, 0.29) is 5.15 Å². The van der Waals surface area contributed by atoms with Gasteiger partial charge >= 0.3 is 0 Å². The molecular formula is C11H9ClF2N2O. The lowest BCUT2D eigenvalue weighted by Crippen LogP contribution is -1.99. The van der Waals surface area contributed by atoms with Gasteiger partial charge in [0.25, 0.3) is 6.43 Å². The number of halogens is 3. The zero-order chi connectivity index (χ0) is 12.6. The lowest BCUT2D eigenvalue weighted by Gasteiger charge is -2.09. The fourth-order valence-electron chi connectivity index (χ4n) is 1.60. The molecule has 0 aliphatic carbocycles. The summed E-state index contributed by atoms with van der Waals surface area (Å²) in [7, 11) is 1.45. The molecule has 0 saturated heterocycles. The summed E-state index contributed by atoms with van der Waals surface area (Å²) in [5, 5.41) is 0.553. The number of fused-ring (bicyclic) bond motifs is 1. The van der Waals surface area contributed by atoms with Crippen LogP contribution in [0, 0.1) is 6.92 Å². The van der Waals surface area contributed by atoms with Gasteiger partial charge in [-0.05, 0) is 18.6 Å². The third kappa shape index (κ3) is 2.02. The van der Waals surface area contributed by atoms with Gasteiger partial charge in [0.05, 0.1) is 7.11 Å². The van der Waals surface area contributed by atoms with E-state index in [2.05, 4.69) is 9.97 Å². The molecule has 0 amide bonds. The van der Waals surface area contributed by atoms with E-state index < -0.39 is 12.2 Å². The monoisotopic (exact) mass is 258 g/mol. The molecule has 0 bridgehead atoms. The van der Waals surface area contributed by atoms with Gasteiger partial charge in [0, 0.05) is 5.39 Å². The maximum absolute atomic E-state index is 12.6. The number of methoxy groups -OCH3 is 1. The summed E-state index contributed by atoms with van der Waals surface area (Å²) >= 11 is 5.90. The molecule has 90 valence electrons. The van der Waals surface area contributed by atoms with Gasteiger partial charge in [-0.2, -0.15) is 0 Å². The molecule has 1 aromatic carbocycles. The van der Waals surface area contributed by atoms with E-state index in [0.717, 1.165) is 5.56 Å². The Bertz CT molecular complexity index is 575. The lowest BCUT2D eigenvalue weighted by molar-refractivity contribution is 0.140. The van der Waals surface area contributed by atoms with Gasteiger partial charge in [0.1, 0.15) is 16.4 Å². The van der Waals surface area contributed by atoms with E-state index in [1.165, 1.54) is 7.11 Å². The molecule has 0 saturated carbocycles. The summed E-state index contributed by atoms with van der Waals surface area (Å²) in [6.07, 6.45) is -2.76. The van der Waals surface area contributed by atoms with E-state index in [1.807, 2.05) is 0 Å². The van der Waals surface area contributed by atoms with Crippen molar-refractivity contribution in [3.8, 4) is 5.75 Å². The number of nitrogens with zero attached hydrogens (tertiary/aromatic N) is 2. The number of benzene rings is 1. The van der Waals surface area contributed by atoms with E-state index in [0.29, 0.717) is 16.7 Å². The minimum Gasteiger partial charge on any atom is -0.494 e. The van der Waals surface area contributed by atoms with Crippen LogP contribution in [0.4, 0.5) is 8.78 Å². The fraction of sp³-hybridized carbons (Fsp3) is 0.273. The van der Waals surface area contributed by atoms with Gasteiger partial charge < -0.3 is 4.74 Å². The van der Waals surface area contributed by atoms with Crippen molar-refractivity contribution in [2.24, 2.45) is 0 Å². The minimum absolute atomic E-state index is 0.0155. The quantitative estimate of drug-likeness (QED) is 0.773. The summed E-state index contributed by atoms with van der Waals surface area (Å²) < 4.78 is 30.3.